The lowest BCUT2D eigenvalue weighted by molar-refractivity contribution is -0.136. The van der Waals surface area contributed by atoms with Crippen molar-refractivity contribution < 1.29 is 14.3 Å². The van der Waals surface area contributed by atoms with Crippen LogP contribution in [0, 0.1) is 5.92 Å². The van der Waals surface area contributed by atoms with Gasteiger partial charge in [-0.2, -0.15) is 0 Å². The molecule has 0 saturated heterocycles. The summed E-state index contributed by atoms with van der Waals surface area (Å²) in [7, 11) is 1.56. The van der Waals surface area contributed by atoms with Crippen molar-refractivity contribution in [1.82, 2.24) is 0 Å². The lowest BCUT2D eigenvalue weighted by atomic mass is 10.1. The number of carbonyl (C=O) groups is 1. The van der Waals surface area contributed by atoms with Crippen LogP contribution in [0.1, 0.15) is 20.3 Å². The minimum atomic E-state index is -0.582. The van der Waals surface area contributed by atoms with Gasteiger partial charge in [-0.1, -0.05) is 19.9 Å². The van der Waals surface area contributed by atoms with Crippen LogP contribution >= 0.6 is 0 Å². The number of hydrogen-bond acceptors (Lipinski definition) is 4. The Morgan fingerprint density at radius 3 is 2.59 bits per heavy atom. The number of nitrogens with two attached hydrogens (primary N) is 1. The maximum absolute atomic E-state index is 11.7. The van der Waals surface area contributed by atoms with E-state index in [2.05, 4.69) is 0 Å². The molecule has 1 rings (SSSR count). The van der Waals surface area contributed by atoms with Crippen LogP contribution in [0.2, 0.25) is 0 Å². The van der Waals surface area contributed by atoms with Crippen molar-refractivity contribution >= 4 is 5.97 Å². The summed E-state index contributed by atoms with van der Waals surface area (Å²) in [6.07, 6.45) is 0.614. The number of benzene rings is 1. The molecule has 1 aromatic carbocycles. The van der Waals surface area contributed by atoms with E-state index in [0.29, 0.717) is 23.8 Å². The Labute approximate surface area is 102 Å². The maximum atomic E-state index is 11.7. The summed E-state index contributed by atoms with van der Waals surface area (Å²) in [5.74, 6) is 1.05. The molecule has 0 aromatic heterocycles. The van der Waals surface area contributed by atoms with E-state index in [1.54, 1.807) is 31.4 Å². The summed E-state index contributed by atoms with van der Waals surface area (Å²) >= 11 is 0. The molecule has 1 atom stereocenters. The molecule has 4 heteroatoms. The topological polar surface area (TPSA) is 61.5 Å². The molecule has 0 bridgehead atoms. The fraction of sp³-hybridized carbons (Fsp3) is 0.462. The highest BCUT2D eigenvalue weighted by Crippen LogP contribution is 2.19. The predicted octanol–water partition coefficient (Wildman–Crippen LogP) is 1.97. The third-order valence-corrected chi connectivity index (χ3v) is 2.29. The first-order chi connectivity index (χ1) is 8.02. The van der Waals surface area contributed by atoms with Gasteiger partial charge in [-0.15, -0.1) is 0 Å². The van der Waals surface area contributed by atoms with Gasteiger partial charge in [0.05, 0.1) is 7.11 Å². The molecule has 0 heterocycles. The van der Waals surface area contributed by atoms with Gasteiger partial charge >= 0.3 is 5.97 Å². The van der Waals surface area contributed by atoms with Gasteiger partial charge in [-0.05, 0) is 24.5 Å². The van der Waals surface area contributed by atoms with E-state index >= 15 is 0 Å². The smallest absolute Gasteiger partial charge is 0.328 e. The van der Waals surface area contributed by atoms with Crippen molar-refractivity contribution in [3.05, 3.63) is 24.3 Å². The number of ether oxygens (including phenoxy) is 2. The number of methoxy groups -OCH3 is 1. The van der Waals surface area contributed by atoms with Crippen LogP contribution in [-0.4, -0.2) is 19.1 Å². The highest BCUT2D eigenvalue weighted by molar-refractivity contribution is 5.78. The number of hydrogen-bond donors (Lipinski definition) is 1. The van der Waals surface area contributed by atoms with E-state index in [9.17, 15) is 4.79 Å². The predicted molar refractivity (Wildman–Crippen MR) is 66.1 cm³/mol. The van der Waals surface area contributed by atoms with Gasteiger partial charge < -0.3 is 15.2 Å². The van der Waals surface area contributed by atoms with Crippen LogP contribution in [0.3, 0.4) is 0 Å². The first-order valence-electron chi connectivity index (χ1n) is 5.64. The first-order valence-corrected chi connectivity index (χ1v) is 5.64. The van der Waals surface area contributed by atoms with Crippen molar-refractivity contribution in [2.75, 3.05) is 7.11 Å². The standard InChI is InChI=1S/C13H19NO3/c1-9(2)7-12(14)13(15)17-11-6-4-5-10(8-11)16-3/h4-6,8-9,12H,7,14H2,1-3H3. The van der Waals surface area contributed by atoms with Gasteiger partial charge in [0.2, 0.25) is 0 Å². The molecule has 0 saturated carbocycles. The third-order valence-electron chi connectivity index (χ3n) is 2.29. The molecule has 0 aliphatic rings. The molecule has 0 amide bonds. The molecular formula is C13H19NO3. The first kappa shape index (κ1) is 13.5. The quantitative estimate of drug-likeness (QED) is 0.628. The molecular weight excluding hydrogens is 218 g/mol. The lowest BCUT2D eigenvalue weighted by Crippen LogP contribution is -2.35. The second-order valence-electron chi connectivity index (χ2n) is 4.34. The summed E-state index contributed by atoms with van der Waals surface area (Å²) in [6, 6.07) is 6.31. The normalized spacial score (nSPS) is 12.3. The minimum absolute atomic E-state index is 0.364. The molecule has 2 N–H and O–H groups in total. The number of carbonyl (C=O) groups excluding carboxylic acids is 1. The van der Waals surface area contributed by atoms with Crippen molar-refractivity contribution in [3.8, 4) is 11.5 Å². The van der Waals surface area contributed by atoms with E-state index in [-0.39, 0.29) is 0 Å². The van der Waals surface area contributed by atoms with Crippen molar-refractivity contribution in [2.24, 2.45) is 11.7 Å². The van der Waals surface area contributed by atoms with Gasteiger partial charge in [-0.3, -0.25) is 0 Å². The lowest BCUT2D eigenvalue weighted by Gasteiger charge is -2.13. The zero-order valence-corrected chi connectivity index (χ0v) is 10.5. The molecule has 0 aliphatic heterocycles. The number of rotatable bonds is 5. The molecule has 0 fully saturated rings. The van der Waals surface area contributed by atoms with Gasteiger partial charge in [0, 0.05) is 6.07 Å². The maximum Gasteiger partial charge on any atom is 0.328 e. The average molecular weight is 237 g/mol. The highest BCUT2D eigenvalue weighted by atomic mass is 16.5. The fourth-order valence-electron chi connectivity index (χ4n) is 1.46. The zero-order valence-electron chi connectivity index (χ0n) is 10.5. The van der Waals surface area contributed by atoms with Crippen molar-refractivity contribution in [1.29, 1.82) is 0 Å². The molecule has 4 nitrogen and oxygen atoms in total. The highest BCUT2D eigenvalue weighted by Gasteiger charge is 2.17. The molecule has 17 heavy (non-hydrogen) atoms. The van der Waals surface area contributed by atoms with Gasteiger partial charge in [0.1, 0.15) is 17.5 Å². The zero-order chi connectivity index (χ0) is 12.8. The van der Waals surface area contributed by atoms with Crippen molar-refractivity contribution in [2.45, 2.75) is 26.3 Å². The summed E-state index contributed by atoms with van der Waals surface area (Å²) in [5.41, 5.74) is 5.73. The van der Waals surface area contributed by atoms with Crippen LogP contribution in [0.5, 0.6) is 11.5 Å². The monoisotopic (exact) mass is 237 g/mol. The Morgan fingerprint density at radius 2 is 2.00 bits per heavy atom. The Kier molecular flexibility index (Phi) is 4.97. The summed E-state index contributed by atoms with van der Waals surface area (Å²) in [6.45, 7) is 4.03. The summed E-state index contributed by atoms with van der Waals surface area (Å²) in [4.78, 5) is 11.7. The SMILES string of the molecule is COc1cccc(OC(=O)C(N)CC(C)C)c1. The van der Waals surface area contributed by atoms with Gasteiger partial charge in [0.15, 0.2) is 0 Å². The molecule has 0 aliphatic carbocycles. The van der Waals surface area contributed by atoms with Gasteiger partial charge in [-0.25, -0.2) is 4.79 Å². The van der Waals surface area contributed by atoms with Crippen LogP contribution in [0.4, 0.5) is 0 Å². The van der Waals surface area contributed by atoms with E-state index in [4.69, 9.17) is 15.2 Å². The molecule has 0 spiro atoms. The third kappa shape index (κ3) is 4.44. The minimum Gasteiger partial charge on any atom is -0.497 e. The Bertz CT molecular complexity index is 377. The van der Waals surface area contributed by atoms with Crippen LogP contribution < -0.4 is 15.2 Å². The Balaban J connectivity index is 2.61. The second-order valence-corrected chi connectivity index (χ2v) is 4.34. The van der Waals surface area contributed by atoms with Gasteiger partial charge in [0.25, 0.3) is 0 Å². The van der Waals surface area contributed by atoms with Crippen molar-refractivity contribution in [3.63, 3.8) is 0 Å². The molecule has 94 valence electrons. The largest absolute Gasteiger partial charge is 0.497 e. The summed E-state index contributed by atoms with van der Waals surface area (Å²) in [5, 5.41) is 0. The average Bonchev–Trinajstić information content (AvgIpc) is 2.28. The number of esters is 1. The van der Waals surface area contributed by atoms with Crippen LogP contribution in [-0.2, 0) is 4.79 Å². The van der Waals surface area contributed by atoms with Crippen LogP contribution in [0.25, 0.3) is 0 Å². The fourth-order valence-corrected chi connectivity index (χ4v) is 1.46. The molecule has 1 unspecified atom stereocenters. The van der Waals surface area contributed by atoms with E-state index in [1.807, 2.05) is 13.8 Å². The second kappa shape index (κ2) is 6.25. The molecule has 1 aromatic rings. The van der Waals surface area contributed by atoms with E-state index < -0.39 is 12.0 Å². The van der Waals surface area contributed by atoms with E-state index in [0.717, 1.165) is 0 Å². The Morgan fingerprint density at radius 1 is 1.35 bits per heavy atom. The van der Waals surface area contributed by atoms with Crippen LogP contribution in [0.15, 0.2) is 24.3 Å². The summed E-state index contributed by atoms with van der Waals surface area (Å²) < 4.78 is 10.2. The molecule has 0 radical (unpaired) electrons. The van der Waals surface area contributed by atoms with E-state index in [1.165, 1.54) is 0 Å². The Hall–Kier alpha value is -1.55.